The van der Waals surface area contributed by atoms with Gasteiger partial charge in [0.1, 0.15) is 21.5 Å². The van der Waals surface area contributed by atoms with Crippen LogP contribution in [0.15, 0.2) is 16.8 Å². The highest BCUT2D eigenvalue weighted by atomic mass is 32.2. The fourth-order valence-corrected chi connectivity index (χ4v) is 3.67. The van der Waals surface area contributed by atoms with Crippen molar-refractivity contribution in [1.29, 1.82) is 0 Å². The van der Waals surface area contributed by atoms with Gasteiger partial charge < -0.3 is 4.90 Å². The maximum atomic E-state index is 12.4. The summed E-state index contributed by atoms with van der Waals surface area (Å²) < 4.78 is 22.6. The molecule has 0 radical (unpaired) electrons. The van der Waals surface area contributed by atoms with Crippen molar-refractivity contribution >= 4 is 27.1 Å². The van der Waals surface area contributed by atoms with Gasteiger partial charge in [-0.3, -0.25) is 10.1 Å². The van der Waals surface area contributed by atoms with Crippen molar-refractivity contribution in [3.63, 3.8) is 0 Å². The second-order valence-electron chi connectivity index (χ2n) is 5.31. The normalized spacial score (nSPS) is 25.2. The number of nitrogens with zero attached hydrogens (tertiary/aromatic N) is 1. The minimum Gasteiger partial charge on any atom is -0.320 e. The number of thiophene rings is 1. The number of rotatable bonds is 4. The molecule has 1 aliphatic carbocycles. The van der Waals surface area contributed by atoms with Gasteiger partial charge in [-0.25, -0.2) is 8.42 Å². The van der Waals surface area contributed by atoms with Gasteiger partial charge >= 0.3 is 0 Å². The molecule has 1 saturated carbocycles. The van der Waals surface area contributed by atoms with Crippen molar-refractivity contribution in [2.24, 2.45) is 0 Å². The second-order valence-corrected chi connectivity index (χ2v) is 8.35. The van der Waals surface area contributed by atoms with Crippen LogP contribution in [0.5, 0.6) is 0 Å². The topological polar surface area (TPSA) is 66.5 Å². The van der Waals surface area contributed by atoms with Gasteiger partial charge in [0, 0.05) is 12.8 Å². The molecule has 1 N–H and O–H groups in total. The number of hydrogen-bond donors (Lipinski definition) is 1. The maximum absolute atomic E-state index is 12.4. The van der Waals surface area contributed by atoms with Crippen molar-refractivity contribution in [2.45, 2.75) is 24.5 Å². The Morgan fingerprint density at radius 3 is 2.79 bits per heavy atom. The Hall–Kier alpha value is -0.920. The third kappa shape index (κ3) is 2.42. The van der Waals surface area contributed by atoms with E-state index in [1.807, 2.05) is 16.8 Å². The molecule has 1 amide bonds. The average molecular weight is 300 g/mol. The first kappa shape index (κ1) is 13.1. The highest BCUT2D eigenvalue weighted by Crippen LogP contribution is 2.46. The molecule has 19 heavy (non-hydrogen) atoms. The van der Waals surface area contributed by atoms with Crippen LogP contribution in [0.25, 0.3) is 0 Å². The first-order valence-corrected chi connectivity index (χ1v) is 9.20. The van der Waals surface area contributed by atoms with Crippen LogP contribution in [-0.4, -0.2) is 43.3 Å². The zero-order valence-electron chi connectivity index (χ0n) is 10.6. The molecule has 0 bridgehead atoms. The Morgan fingerprint density at radius 1 is 1.53 bits per heavy atom. The number of carbonyl (C=O) groups is 1. The van der Waals surface area contributed by atoms with Gasteiger partial charge in [-0.1, -0.05) is 0 Å². The van der Waals surface area contributed by atoms with Crippen LogP contribution in [0.4, 0.5) is 0 Å². The highest BCUT2D eigenvalue weighted by molar-refractivity contribution is 7.90. The van der Waals surface area contributed by atoms with E-state index < -0.39 is 15.4 Å². The van der Waals surface area contributed by atoms with E-state index in [0.717, 1.165) is 18.4 Å². The lowest BCUT2D eigenvalue weighted by molar-refractivity contribution is -0.130. The fraction of sp³-hybridized carbons (Fsp3) is 0.583. The number of nitrogens with one attached hydrogen (secondary N) is 1. The molecule has 2 fully saturated rings. The molecule has 2 aliphatic rings. The van der Waals surface area contributed by atoms with Crippen molar-refractivity contribution in [3.8, 4) is 0 Å². The quantitative estimate of drug-likeness (QED) is 0.891. The zero-order chi connectivity index (χ0) is 13.7. The number of sulfone groups is 1. The first-order chi connectivity index (χ1) is 8.91. The number of carbonyl (C=O) groups excluding carboxylic acids is 1. The fourth-order valence-electron chi connectivity index (χ4n) is 2.47. The van der Waals surface area contributed by atoms with E-state index in [4.69, 9.17) is 0 Å². The van der Waals surface area contributed by atoms with Gasteiger partial charge in [0.25, 0.3) is 0 Å². The first-order valence-electron chi connectivity index (χ1n) is 6.20. The van der Waals surface area contributed by atoms with Crippen LogP contribution in [0.2, 0.25) is 0 Å². The third-order valence-electron chi connectivity index (χ3n) is 3.71. The van der Waals surface area contributed by atoms with Gasteiger partial charge in [0.2, 0.25) is 5.91 Å². The van der Waals surface area contributed by atoms with E-state index in [1.165, 1.54) is 6.26 Å². The van der Waals surface area contributed by atoms with Gasteiger partial charge in [-0.2, -0.15) is 11.3 Å². The standard InChI is InChI=1S/C12H16N2O3S2/c1-19(16,17)7-5-14-10(9-2-6-18-8-9)13-12(3-4-12)11(14)15/h2,6,8,10,13H,3-5,7H2,1H3. The summed E-state index contributed by atoms with van der Waals surface area (Å²) in [4.78, 5) is 14.1. The summed E-state index contributed by atoms with van der Waals surface area (Å²) in [6.45, 7) is 0.257. The molecule has 2 heterocycles. The van der Waals surface area contributed by atoms with Crippen LogP contribution in [-0.2, 0) is 14.6 Å². The van der Waals surface area contributed by atoms with Crippen molar-refractivity contribution in [1.82, 2.24) is 10.2 Å². The van der Waals surface area contributed by atoms with Crippen molar-refractivity contribution in [3.05, 3.63) is 22.4 Å². The SMILES string of the molecule is CS(=O)(=O)CCN1C(=O)C2(CC2)NC1c1ccsc1. The lowest BCUT2D eigenvalue weighted by Crippen LogP contribution is -2.35. The van der Waals surface area contributed by atoms with E-state index >= 15 is 0 Å². The third-order valence-corrected chi connectivity index (χ3v) is 5.33. The Bertz CT molecular complexity index is 591. The summed E-state index contributed by atoms with van der Waals surface area (Å²) in [6, 6.07) is 1.98. The summed E-state index contributed by atoms with van der Waals surface area (Å²) in [7, 11) is -3.06. The number of amides is 1. The van der Waals surface area contributed by atoms with Crippen molar-refractivity contribution in [2.75, 3.05) is 18.6 Å². The molecule has 7 heteroatoms. The van der Waals surface area contributed by atoms with E-state index in [-0.39, 0.29) is 24.4 Å². The summed E-state index contributed by atoms with van der Waals surface area (Å²) in [5.74, 6) is 0.0595. The molecule has 1 aromatic rings. The highest BCUT2D eigenvalue weighted by Gasteiger charge is 2.59. The van der Waals surface area contributed by atoms with Crippen LogP contribution in [0.1, 0.15) is 24.6 Å². The van der Waals surface area contributed by atoms with Crippen LogP contribution >= 0.6 is 11.3 Å². The molecule has 0 aromatic carbocycles. The second kappa shape index (κ2) is 4.29. The maximum Gasteiger partial charge on any atom is 0.244 e. The monoisotopic (exact) mass is 300 g/mol. The van der Waals surface area contributed by atoms with E-state index in [9.17, 15) is 13.2 Å². The molecular formula is C12H16N2O3S2. The molecule has 5 nitrogen and oxygen atoms in total. The summed E-state index contributed by atoms with van der Waals surface area (Å²) in [5, 5.41) is 7.33. The molecule has 104 valence electrons. The summed E-state index contributed by atoms with van der Waals surface area (Å²) in [5.41, 5.74) is 0.625. The largest absolute Gasteiger partial charge is 0.320 e. The Balaban J connectivity index is 1.83. The lowest BCUT2D eigenvalue weighted by Gasteiger charge is -2.23. The van der Waals surface area contributed by atoms with Gasteiger partial charge in [-0.15, -0.1) is 0 Å². The minimum absolute atomic E-state index is 0.0110. The number of hydrogen-bond acceptors (Lipinski definition) is 5. The van der Waals surface area contributed by atoms with E-state index in [0.29, 0.717) is 0 Å². The van der Waals surface area contributed by atoms with Crippen LogP contribution in [0.3, 0.4) is 0 Å². The van der Waals surface area contributed by atoms with Gasteiger partial charge in [-0.05, 0) is 35.2 Å². The summed E-state index contributed by atoms with van der Waals surface area (Å²) >= 11 is 1.58. The Kier molecular flexibility index (Phi) is 2.95. The zero-order valence-corrected chi connectivity index (χ0v) is 12.3. The average Bonchev–Trinajstić information content (AvgIpc) is 2.81. The summed E-state index contributed by atoms with van der Waals surface area (Å²) in [6.07, 6.45) is 2.72. The molecule has 1 spiro atoms. The van der Waals surface area contributed by atoms with Gasteiger partial charge in [0.05, 0.1) is 5.75 Å². The van der Waals surface area contributed by atoms with Crippen LogP contribution < -0.4 is 5.32 Å². The smallest absolute Gasteiger partial charge is 0.244 e. The molecule has 1 atom stereocenters. The predicted octanol–water partition coefficient (Wildman–Crippen LogP) is 0.756. The molecule has 1 aromatic heterocycles. The Morgan fingerprint density at radius 2 is 2.26 bits per heavy atom. The van der Waals surface area contributed by atoms with Crippen molar-refractivity contribution < 1.29 is 13.2 Å². The molecule has 1 aliphatic heterocycles. The Labute approximate surface area is 116 Å². The minimum atomic E-state index is -3.06. The lowest BCUT2D eigenvalue weighted by atomic mass is 10.2. The van der Waals surface area contributed by atoms with Crippen LogP contribution in [0, 0.1) is 0 Å². The predicted molar refractivity (Wildman–Crippen MR) is 73.6 cm³/mol. The molecule has 1 unspecified atom stereocenters. The molecule has 1 saturated heterocycles. The van der Waals surface area contributed by atoms with E-state index in [1.54, 1.807) is 16.2 Å². The van der Waals surface area contributed by atoms with Gasteiger partial charge in [0.15, 0.2) is 0 Å². The molecule has 3 rings (SSSR count). The van der Waals surface area contributed by atoms with E-state index in [2.05, 4.69) is 5.32 Å². The molecular weight excluding hydrogens is 284 g/mol.